The summed E-state index contributed by atoms with van der Waals surface area (Å²) in [7, 11) is -4.10. The zero-order valence-electron chi connectivity index (χ0n) is 18.2. The zero-order valence-corrected chi connectivity index (χ0v) is 19.0. The molecule has 2 saturated heterocycles. The summed E-state index contributed by atoms with van der Waals surface area (Å²) in [4.78, 5) is 14.7. The third kappa shape index (κ3) is 1.90. The molecule has 0 saturated carbocycles. The molecule has 4 nitrogen and oxygen atoms in total. The van der Waals surface area contributed by atoms with Gasteiger partial charge in [0.15, 0.2) is 19.5 Å². The van der Waals surface area contributed by atoms with Gasteiger partial charge < -0.3 is 0 Å². The predicted molar refractivity (Wildman–Crippen MR) is 131 cm³/mol. The van der Waals surface area contributed by atoms with E-state index in [1.54, 1.807) is 17.0 Å². The minimum atomic E-state index is -4.10. The van der Waals surface area contributed by atoms with E-state index in [-0.39, 0.29) is 11.8 Å². The van der Waals surface area contributed by atoms with Crippen LogP contribution in [-0.2, 0) is 24.2 Å². The van der Waals surface area contributed by atoms with E-state index in [2.05, 4.69) is 0 Å². The van der Waals surface area contributed by atoms with E-state index in [0.717, 1.165) is 11.1 Å². The molecular formula is C29H21NO3S. The van der Waals surface area contributed by atoms with E-state index in [4.69, 9.17) is 0 Å². The molecular weight excluding hydrogens is 442 g/mol. The normalized spacial score (nSPS) is 29.9. The van der Waals surface area contributed by atoms with Gasteiger partial charge in [-0.3, -0.25) is 9.69 Å². The number of hydrogen-bond acceptors (Lipinski definition) is 3. The Labute approximate surface area is 198 Å². The number of carbonyl (C=O) groups excluding carboxylic acids is 1. The van der Waals surface area contributed by atoms with Crippen molar-refractivity contribution in [3.63, 3.8) is 0 Å². The second kappa shape index (κ2) is 6.45. The van der Waals surface area contributed by atoms with Crippen molar-refractivity contribution in [3.8, 4) is 0 Å². The summed E-state index contributed by atoms with van der Waals surface area (Å²) in [5, 5.41) is 0. The van der Waals surface area contributed by atoms with Crippen LogP contribution in [-0.4, -0.2) is 14.3 Å². The Hall–Kier alpha value is -3.70. The number of para-hydroxylation sites is 1. The summed E-state index contributed by atoms with van der Waals surface area (Å²) < 4.78 is 28.4. The van der Waals surface area contributed by atoms with Crippen molar-refractivity contribution >= 4 is 21.4 Å². The van der Waals surface area contributed by atoms with E-state index in [1.165, 1.54) is 0 Å². The fraction of sp³-hybridized carbons (Fsp3) is 0.138. The van der Waals surface area contributed by atoms with Crippen molar-refractivity contribution in [3.05, 3.63) is 138 Å². The molecule has 5 heteroatoms. The maximum absolute atomic E-state index is 15.1. The van der Waals surface area contributed by atoms with Crippen molar-refractivity contribution in [2.24, 2.45) is 0 Å². The molecule has 2 fully saturated rings. The van der Waals surface area contributed by atoms with Crippen LogP contribution in [0.2, 0.25) is 0 Å². The van der Waals surface area contributed by atoms with Crippen LogP contribution >= 0.6 is 0 Å². The van der Waals surface area contributed by atoms with Crippen LogP contribution in [0.4, 0.5) is 5.69 Å². The lowest BCUT2D eigenvalue weighted by atomic mass is 9.55. The number of nitrogens with zero attached hydrogens (tertiary/aromatic N) is 1. The first kappa shape index (κ1) is 19.7. The number of fused-ring (bicyclic) bond motifs is 8. The molecule has 0 aromatic heterocycles. The van der Waals surface area contributed by atoms with Gasteiger partial charge in [-0.05, 0) is 34.4 Å². The van der Waals surface area contributed by atoms with Gasteiger partial charge in [-0.15, -0.1) is 0 Å². The van der Waals surface area contributed by atoms with Crippen LogP contribution in [0.5, 0.6) is 0 Å². The third-order valence-electron chi connectivity index (χ3n) is 7.95. The quantitative estimate of drug-likeness (QED) is 0.425. The fourth-order valence-corrected chi connectivity index (χ4v) is 10.1. The highest BCUT2D eigenvalue weighted by Gasteiger charge is 2.88. The van der Waals surface area contributed by atoms with Crippen LogP contribution in [0.1, 0.15) is 34.1 Å². The smallest absolute Gasteiger partial charge is 0.255 e. The number of sulfone groups is 1. The van der Waals surface area contributed by atoms with E-state index >= 15 is 8.42 Å². The molecule has 2 aliphatic heterocycles. The molecule has 0 N–H and O–H groups in total. The molecule has 0 spiro atoms. The molecule has 2 heterocycles. The molecule has 4 aromatic rings. The van der Waals surface area contributed by atoms with Gasteiger partial charge in [0.25, 0.3) is 5.91 Å². The molecule has 7 rings (SSSR count). The minimum absolute atomic E-state index is 0.366. The van der Waals surface area contributed by atoms with Crippen molar-refractivity contribution in [1.29, 1.82) is 0 Å². The summed E-state index contributed by atoms with van der Waals surface area (Å²) in [6.07, 6.45) is 0. The first-order valence-electron chi connectivity index (χ1n) is 11.4. The van der Waals surface area contributed by atoms with Crippen molar-refractivity contribution in [1.82, 2.24) is 0 Å². The second-order valence-electron chi connectivity index (χ2n) is 9.23. The average molecular weight is 464 g/mol. The average Bonchev–Trinajstić information content (AvgIpc) is 3.13. The van der Waals surface area contributed by atoms with Gasteiger partial charge in [0.2, 0.25) is 0 Å². The van der Waals surface area contributed by atoms with Crippen LogP contribution < -0.4 is 4.90 Å². The molecule has 4 atom stereocenters. The third-order valence-corrected chi connectivity index (χ3v) is 11.0. The van der Waals surface area contributed by atoms with E-state index in [9.17, 15) is 4.79 Å². The van der Waals surface area contributed by atoms with Gasteiger partial charge >= 0.3 is 0 Å². The number of benzene rings is 4. The lowest BCUT2D eigenvalue weighted by Crippen LogP contribution is -2.58. The highest BCUT2D eigenvalue weighted by Crippen LogP contribution is 2.79. The Bertz CT molecular complexity index is 1550. The molecule has 0 unspecified atom stereocenters. The van der Waals surface area contributed by atoms with Gasteiger partial charge in [0, 0.05) is 17.5 Å². The SMILES string of the molecule is O=C1N(c2ccccc2)[C@]2(c3ccccc3)[C@H]3c4ccccc4[C@H]3[C@@]1(c1ccccc1)S2(=O)=O. The maximum Gasteiger partial charge on any atom is 0.255 e. The van der Waals surface area contributed by atoms with Crippen LogP contribution in [0.15, 0.2) is 115 Å². The Kier molecular flexibility index (Phi) is 3.75. The fourth-order valence-electron chi connectivity index (χ4n) is 6.81. The summed E-state index contributed by atoms with van der Waals surface area (Å²) in [5.41, 5.74) is 3.73. The first-order valence-corrected chi connectivity index (χ1v) is 12.9. The van der Waals surface area contributed by atoms with Gasteiger partial charge in [-0.1, -0.05) is 103 Å². The number of piperidine rings is 1. The van der Waals surface area contributed by atoms with Crippen LogP contribution in [0.25, 0.3) is 0 Å². The number of amides is 1. The Morgan fingerprint density at radius 1 is 0.588 bits per heavy atom. The van der Waals surface area contributed by atoms with E-state index in [1.807, 2.05) is 103 Å². The van der Waals surface area contributed by atoms with Gasteiger partial charge in [0.05, 0.1) is 0 Å². The number of carbonyl (C=O) groups is 1. The number of hydrogen-bond donors (Lipinski definition) is 0. The monoisotopic (exact) mass is 463 g/mol. The zero-order chi connectivity index (χ0) is 23.1. The molecule has 1 aliphatic carbocycles. The first-order chi connectivity index (χ1) is 16.6. The van der Waals surface area contributed by atoms with Crippen LogP contribution in [0, 0.1) is 0 Å². The summed E-state index contributed by atoms with van der Waals surface area (Å²) >= 11 is 0. The molecule has 3 aliphatic rings. The van der Waals surface area contributed by atoms with Gasteiger partial charge in [-0.2, -0.15) is 0 Å². The largest absolute Gasteiger partial charge is 0.286 e. The Balaban J connectivity index is 1.68. The van der Waals surface area contributed by atoms with E-state index in [0.29, 0.717) is 16.8 Å². The Morgan fingerprint density at radius 2 is 1.06 bits per heavy atom. The van der Waals surface area contributed by atoms with Crippen LogP contribution in [0.3, 0.4) is 0 Å². The standard InChI is InChI=1S/C29H21NO3S/c31-27-28(20-12-4-1-5-13-20)25-23-18-10-11-19-24(23)26(25)29(34(28,32)33,21-14-6-2-7-15-21)30(27)22-16-8-3-9-17-22/h1-19,25-26H/t25-,26+,28-,29+/m1/s1. The molecule has 2 bridgehead atoms. The maximum atomic E-state index is 15.1. The summed E-state index contributed by atoms with van der Waals surface area (Å²) in [5.74, 6) is -1.18. The molecule has 166 valence electrons. The number of anilines is 1. The number of rotatable bonds is 3. The van der Waals surface area contributed by atoms with Crippen molar-refractivity contribution < 1.29 is 13.2 Å². The summed E-state index contributed by atoms with van der Waals surface area (Å²) in [6, 6.07) is 35.5. The predicted octanol–water partition coefficient (Wildman–Crippen LogP) is 5.09. The lowest BCUT2D eigenvalue weighted by molar-refractivity contribution is -0.123. The molecule has 34 heavy (non-hydrogen) atoms. The summed E-state index contributed by atoms with van der Waals surface area (Å²) in [6.45, 7) is 0. The van der Waals surface area contributed by atoms with Crippen molar-refractivity contribution in [2.75, 3.05) is 4.90 Å². The molecule has 1 amide bonds. The second-order valence-corrected chi connectivity index (χ2v) is 11.5. The highest BCUT2D eigenvalue weighted by atomic mass is 32.2. The lowest BCUT2D eigenvalue weighted by Gasteiger charge is -2.52. The van der Waals surface area contributed by atoms with Gasteiger partial charge in [-0.25, -0.2) is 8.42 Å². The Morgan fingerprint density at radius 3 is 1.65 bits per heavy atom. The molecule has 0 radical (unpaired) electrons. The minimum Gasteiger partial charge on any atom is -0.286 e. The topological polar surface area (TPSA) is 54.5 Å². The highest BCUT2D eigenvalue weighted by molar-refractivity contribution is 7.95. The van der Waals surface area contributed by atoms with Crippen molar-refractivity contribution in [2.45, 2.75) is 21.5 Å². The van der Waals surface area contributed by atoms with Gasteiger partial charge in [0.1, 0.15) is 0 Å². The van der Waals surface area contributed by atoms with E-state index < -0.39 is 25.4 Å². The molecule has 4 aromatic carbocycles.